The van der Waals surface area contributed by atoms with Crippen molar-refractivity contribution >= 4 is 5.91 Å². The molecule has 0 bridgehead atoms. The third-order valence-corrected chi connectivity index (χ3v) is 3.33. The Kier molecular flexibility index (Phi) is 4.15. The molecule has 1 aromatic rings. The predicted octanol–water partition coefficient (Wildman–Crippen LogP) is 1.47. The van der Waals surface area contributed by atoms with Gasteiger partial charge in [0.05, 0.1) is 5.92 Å². The first kappa shape index (κ1) is 12.1. The molecule has 1 unspecified atom stereocenters. The largest absolute Gasteiger partial charge is 0.352 e. The Morgan fingerprint density at radius 1 is 1.35 bits per heavy atom. The quantitative estimate of drug-likeness (QED) is 0.825. The molecule has 0 aliphatic carbocycles. The number of benzene rings is 1. The molecule has 2 N–H and O–H groups in total. The van der Waals surface area contributed by atoms with Gasteiger partial charge in [-0.2, -0.15) is 0 Å². The smallest absolute Gasteiger partial charge is 0.224 e. The van der Waals surface area contributed by atoms with E-state index in [1.54, 1.807) is 0 Å². The van der Waals surface area contributed by atoms with Gasteiger partial charge in [-0.25, -0.2) is 0 Å². The number of hydrogen-bond donors (Lipinski definition) is 2. The van der Waals surface area contributed by atoms with Gasteiger partial charge >= 0.3 is 0 Å². The van der Waals surface area contributed by atoms with E-state index in [0.29, 0.717) is 6.54 Å². The summed E-state index contributed by atoms with van der Waals surface area (Å²) in [7, 11) is 0. The van der Waals surface area contributed by atoms with Gasteiger partial charge in [0.15, 0.2) is 0 Å². The zero-order valence-electron chi connectivity index (χ0n) is 10.3. The molecule has 1 heterocycles. The molecule has 0 aromatic heterocycles. The normalized spacial score (nSPS) is 19.2. The van der Waals surface area contributed by atoms with Crippen molar-refractivity contribution in [2.75, 3.05) is 13.1 Å². The fourth-order valence-corrected chi connectivity index (χ4v) is 2.10. The molecule has 1 aliphatic rings. The second kappa shape index (κ2) is 5.82. The zero-order chi connectivity index (χ0) is 12.1. The number of amides is 1. The van der Waals surface area contributed by atoms with Crippen LogP contribution < -0.4 is 10.6 Å². The van der Waals surface area contributed by atoms with Gasteiger partial charge in [-0.15, -0.1) is 0 Å². The number of nitrogens with one attached hydrogen (secondary N) is 2. The van der Waals surface area contributed by atoms with Gasteiger partial charge in [-0.1, -0.05) is 31.2 Å². The minimum atomic E-state index is 0.157. The summed E-state index contributed by atoms with van der Waals surface area (Å²) in [4.78, 5) is 11.8. The Hall–Kier alpha value is -1.35. The zero-order valence-corrected chi connectivity index (χ0v) is 10.3. The minimum Gasteiger partial charge on any atom is -0.352 e. The summed E-state index contributed by atoms with van der Waals surface area (Å²) in [6.07, 6.45) is 2.01. The molecule has 1 aliphatic heterocycles. The van der Waals surface area contributed by atoms with Crippen LogP contribution in [0.15, 0.2) is 24.3 Å². The van der Waals surface area contributed by atoms with E-state index in [1.165, 1.54) is 11.1 Å². The Morgan fingerprint density at radius 2 is 2.06 bits per heavy atom. The van der Waals surface area contributed by atoms with Crippen LogP contribution in [0.3, 0.4) is 0 Å². The SMILES string of the molecule is CCc1ccc(CNC(=O)C2CCNC2)cc1. The van der Waals surface area contributed by atoms with E-state index in [4.69, 9.17) is 0 Å². The summed E-state index contributed by atoms with van der Waals surface area (Å²) in [6, 6.07) is 8.43. The molecule has 17 heavy (non-hydrogen) atoms. The van der Waals surface area contributed by atoms with Crippen LogP contribution in [0.25, 0.3) is 0 Å². The van der Waals surface area contributed by atoms with Gasteiger partial charge in [0, 0.05) is 13.1 Å². The number of carbonyl (C=O) groups is 1. The molecule has 1 atom stereocenters. The van der Waals surface area contributed by atoms with Crippen molar-refractivity contribution in [2.45, 2.75) is 26.3 Å². The van der Waals surface area contributed by atoms with Gasteiger partial charge in [0.2, 0.25) is 5.91 Å². The van der Waals surface area contributed by atoms with Gasteiger partial charge in [-0.05, 0) is 30.5 Å². The third-order valence-electron chi connectivity index (χ3n) is 3.33. The van der Waals surface area contributed by atoms with E-state index in [9.17, 15) is 4.79 Å². The Labute approximate surface area is 103 Å². The second-order valence-electron chi connectivity index (χ2n) is 4.58. The molecule has 0 saturated carbocycles. The highest BCUT2D eigenvalue weighted by molar-refractivity contribution is 5.79. The molecule has 1 fully saturated rings. The maximum Gasteiger partial charge on any atom is 0.224 e. The number of hydrogen-bond acceptors (Lipinski definition) is 2. The first-order chi connectivity index (χ1) is 8.29. The van der Waals surface area contributed by atoms with Crippen LogP contribution in [0.4, 0.5) is 0 Å². The lowest BCUT2D eigenvalue weighted by Gasteiger charge is -2.10. The Balaban J connectivity index is 1.82. The van der Waals surface area contributed by atoms with Crippen molar-refractivity contribution in [2.24, 2.45) is 5.92 Å². The summed E-state index contributed by atoms with van der Waals surface area (Å²) in [5.74, 6) is 0.333. The van der Waals surface area contributed by atoms with E-state index in [1.807, 2.05) is 0 Å². The predicted molar refractivity (Wildman–Crippen MR) is 68.6 cm³/mol. The van der Waals surface area contributed by atoms with Crippen LogP contribution in [-0.2, 0) is 17.8 Å². The Morgan fingerprint density at radius 3 is 2.65 bits per heavy atom. The maximum atomic E-state index is 11.8. The van der Waals surface area contributed by atoms with Gasteiger partial charge in [-0.3, -0.25) is 4.79 Å². The highest BCUT2D eigenvalue weighted by Gasteiger charge is 2.21. The molecule has 2 rings (SSSR count). The average Bonchev–Trinajstić information content (AvgIpc) is 2.90. The molecular weight excluding hydrogens is 212 g/mol. The Bertz CT molecular complexity index is 366. The van der Waals surface area contributed by atoms with Crippen LogP contribution in [0, 0.1) is 5.92 Å². The topological polar surface area (TPSA) is 41.1 Å². The van der Waals surface area contributed by atoms with Crippen LogP contribution in [0.2, 0.25) is 0 Å². The lowest BCUT2D eigenvalue weighted by atomic mass is 10.1. The van der Waals surface area contributed by atoms with Crippen molar-refractivity contribution in [3.8, 4) is 0 Å². The summed E-state index contributed by atoms with van der Waals surface area (Å²) in [5.41, 5.74) is 2.50. The highest BCUT2D eigenvalue weighted by Crippen LogP contribution is 2.08. The van der Waals surface area contributed by atoms with Gasteiger partial charge in [0.25, 0.3) is 0 Å². The van der Waals surface area contributed by atoms with E-state index < -0.39 is 0 Å². The molecule has 92 valence electrons. The van der Waals surface area contributed by atoms with Crippen LogP contribution in [0.5, 0.6) is 0 Å². The van der Waals surface area contributed by atoms with E-state index in [2.05, 4.69) is 41.8 Å². The monoisotopic (exact) mass is 232 g/mol. The van der Waals surface area contributed by atoms with Crippen molar-refractivity contribution in [3.63, 3.8) is 0 Å². The van der Waals surface area contributed by atoms with Crippen molar-refractivity contribution in [1.82, 2.24) is 10.6 Å². The van der Waals surface area contributed by atoms with Gasteiger partial charge in [0.1, 0.15) is 0 Å². The molecule has 3 nitrogen and oxygen atoms in total. The van der Waals surface area contributed by atoms with Crippen LogP contribution in [-0.4, -0.2) is 19.0 Å². The standard InChI is InChI=1S/C14H20N2O/c1-2-11-3-5-12(6-4-11)9-16-14(17)13-7-8-15-10-13/h3-6,13,15H,2,7-10H2,1H3,(H,16,17). The lowest BCUT2D eigenvalue weighted by molar-refractivity contribution is -0.124. The van der Waals surface area contributed by atoms with E-state index in [0.717, 1.165) is 25.9 Å². The lowest BCUT2D eigenvalue weighted by Crippen LogP contribution is -2.31. The first-order valence-electron chi connectivity index (χ1n) is 6.36. The van der Waals surface area contributed by atoms with Crippen molar-refractivity contribution in [1.29, 1.82) is 0 Å². The molecule has 1 saturated heterocycles. The third kappa shape index (κ3) is 3.30. The fourth-order valence-electron chi connectivity index (χ4n) is 2.10. The summed E-state index contributed by atoms with van der Waals surface area (Å²) in [5, 5.41) is 6.21. The fraction of sp³-hybridized carbons (Fsp3) is 0.500. The highest BCUT2D eigenvalue weighted by atomic mass is 16.1. The second-order valence-corrected chi connectivity index (χ2v) is 4.58. The van der Waals surface area contributed by atoms with Crippen molar-refractivity contribution < 1.29 is 4.79 Å². The minimum absolute atomic E-state index is 0.157. The molecular formula is C14H20N2O. The summed E-state index contributed by atoms with van der Waals surface area (Å²) >= 11 is 0. The van der Waals surface area contributed by atoms with E-state index >= 15 is 0 Å². The van der Waals surface area contributed by atoms with E-state index in [-0.39, 0.29) is 11.8 Å². The molecule has 1 amide bonds. The van der Waals surface area contributed by atoms with Crippen LogP contribution in [0.1, 0.15) is 24.5 Å². The molecule has 0 radical (unpaired) electrons. The van der Waals surface area contributed by atoms with Crippen molar-refractivity contribution in [3.05, 3.63) is 35.4 Å². The molecule has 0 spiro atoms. The maximum absolute atomic E-state index is 11.8. The average molecular weight is 232 g/mol. The number of aryl methyl sites for hydroxylation is 1. The molecule has 1 aromatic carbocycles. The number of rotatable bonds is 4. The summed E-state index contributed by atoms with van der Waals surface area (Å²) in [6.45, 7) is 4.56. The molecule has 3 heteroatoms. The summed E-state index contributed by atoms with van der Waals surface area (Å²) < 4.78 is 0. The number of carbonyl (C=O) groups excluding carboxylic acids is 1. The van der Waals surface area contributed by atoms with Gasteiger partial charge < -0.3 is 10.6 Å². The first-order valence-corrected chi connectivity index (χ1v) is 6.36. The van der Waals surface area contributed by atoms with Crippen LogP contribution >= 0.6 is 0 Å².